The van der Waals surface area contributed by atoms with Crippen LogP contribution in [0, 0.1) is 25.2 Å². The number of nitriles is 1. The predicted molar refractivity (Wildman–Crippen MR) is 108 cm³/mol. The number of hydrogen-bond donors (Lipinski definition) is 0. The van der Waals surface area contributed by atoms with Crippen LogP contribution in [0.2, 0.25) is 0 Å². The van der Waals surface area contributed by atoms with Crippen molar-refractivity contribution in [2.45, 2.75) is 13.8 Å². The van der Waals surface area contributed by atoms with Gasteiger partial charge in [0.2, 0.25) is 0 Å². The van der Waals surface area contributed by atoms with E-state index in [4.69, 9.17) is 0 Å². The number of fused-ring (bicyclic) bond motifs is 1. The van der Waals surface area contributed by atoms with Gasteiger partial charge in [0.15, 0.2) is 0 Å². The first kappa shape index (κ1) is 16.7. The lowest BCUT2D eigenvalue weighted by molar-refractivity contribution is 0.960. The molecule has 0 N–H and O–H groups in total. The molecule has 2 aromatic heterocycles. The monoisotopic (exact) mass is 350 g/mol. The second-order valence-corrected chi connectivity index (χ2v) is 6.41. The molecule has 0 fully saturated rings. The Morgan fingerprint density at radius 1 is 0.963 bits per heavy atom. The fourth-order valence-electron chi connectivity index (χ4n) is 3.32. The number of rotatable bonds is 3. The molecule has 4 heteroatoms. The van der Waals surface area contributed by atoms with Gasteiger partial charge in [-0.1, -0.05) is 30.3 Å². The first-order chi connectivity index (χ1) is 13.2. The predicted octanol–water partition coefficient (Wildman–Crippen LogP) is 5.08. The summed E-state index contributed by atoms with van der Waals surface area (Å²) in [6.07, 6.45) is 5.80. The molecule has 0 saturated heterocycles. The summed E-state index contributed by atoms with van der Waals surface area (Å²) in [6, 6.07) is 19.9. The average Bonchev–Trinajstić information content (AvgIpc) is 2.99. The molecule has 0 amide bonds. The standard InChI is InChI=1S/C23H18N4/c1-16-13-18(17(2)27(16)23-10-6-3-7-19(23)14-24)11-12-20-15-25-21-8-4-5-9-22(21)26-20/h3-13,15H,1-2H3. The fourth-order valence-corrected chi connectivity index (χ4v) is 3.32. The van der Waals surface area contributed by atoms with Crippen LogP contribution in [0.25, 0.3) is 28.9 Å². The lowest BCUT2D eigenvalue weighted by Crippen LogP contribution is -2.01. The molecule has 0 aliphatic heterocycles. The van der Waals surface area contributed by atoms with E-state index in [2.05, 4.69) is 33.6 Å². The molecule has 2 aromatic carbocycles. The molecule has 2 heterocycles. The summed E-state index contributed by atoms with van der Waals surface area (Å²) in [5.74, 6) is 0. The van der Waals surface area contributed by atoms with Crippen molar-refractivity contribution < 1.29 is 0 Å². The van der Waals surface area contributed by atoms with Crippen molar-refractivity contribution in [1.82, 2.24) is 14.5 Å². The number of para-hydroxylation sites is 3. The van der Waals surface area contributed by atoms with Gasteiger partial charge in [-0.2, -0.15) is 5.26 Å². The van der Waals surface area contributed by atoms with Crippen molar-refractivity contribution in [2.75, 3.05) is 0 Å². The largest absolute Gasteiger partial charge is 0.317 e. The summed E-state index contributed by atoms with van der Waals surface area (Å²) >= 11 is 0. The van der Waals surface area contributed by atoms with Gasteiger partial charge in [-0.25, -0.2) is 4.98 Å². The van der Waals surface area contributed by atoms with Crippen LogP contribution in [-0.4, -0.2) is 14.5 Å². The molecule has 0 saturated carbocycles. The fraction of sp³-hybridized carbons (Fsp3) is 0.0870. The van der Waals surface area contributed by atoms with Crippen LogP contribution in [0.15, 0.2) is 60.8 Å². The third-order valence-corrected chi connectivity index (χ3v) is 4.64. The maximum Gasteiger partial charge on any atom is 0.101 e. The normalized spacial score (nSPS) is 11.1. The van der Waals surface area contributed by atoms with E-state index in [0.29, 0.717) is 5.56 Å². The van der Waals surface area contributed by atoms with E-state index < -0.39 is 0 Å². The average molecular weight is 350 g/mol. The van der Waals surface area contributed by atoms with Gasteiger partial charge in [0.05, 0.1) is 34.2 Å². The first-order valence-corrected chi connectivity index (χ1v) is 8.75. The highest BCUT2D eigenvalue weighted by Gasteiger charge is 2.12. The zero-order valence-electron chi connectivity index (χ0n) is 15.2. The highest BCUT2D eigenvalue weighted by molar-refractivity contribution is 5.77. The Balaban J connectivity index is 1.73. The molecule has 0 spiro atoms. The van der Waals surface area contributed by atoms with Gasteiger partial charge in [0.25, 0.3) is 0 Å². The summed E-state index contributed by atoms with van der Waals surface area (Å²) in [4.78, 5) is 9.09. The smallest absolute Gasteiger partial charge is 0.101 e. The molecule has 0 aliphatic rings. The third kappa shape index (κ3) is 3.11. The summed E-state index contributed by atoms with van der Waals surface area (Å²) in [6.45, 7) is 4.11. The van der Waals surface area contributed by atoms with Crippen LogP contribution in [-0.2, 0) is 0 Å². The lowest BCUT2D eigenvalue weighted by Gasteiger charge is -2.11. The van der Waals surface area contributed by atoms with Crippen molar-refractivity contribution >= 4 is 23.2 Å². The Labute approximate surface area is 158 Å². The molecule has 4 nitrogen and oxygen atoms in total. The Kier molecular flexibility index (Phi) is 4.27. The quantitative estimate of drug-likeness (QED) is 0.518. The molecule has 0 aliphatic carbocycles. The summed E-state index contributed by atoms with van der Waals surface area (Å²) in [5, 5.41) is 9.41. The zero-order chi connectivity index (χ0) is 18.8. The van der Waals surface area contributed by atoms with E-state index in [1.165, 1.54) is 0 Å². The topological polar surface area (TPSA) is 54.5 Å². The molecule has 130 valence electrons. The first-order valence-electron chi connectivity index (χ1n) is 8.75. The van der Waals surface area contributed by atoms with Crippen LogP contribution in [0.1, 0.15) is 28.2 Å². The van der Waals surface area contributed by atoms with E-state index in [1.54, 1.807) is 6.20 Å². The van der Waals surface area contributed by atoms with Crippen molar-refractivity contribution in [3.63, 3.8) is 0 Å². The minimum Gasteiger partial charge on any atom is -0.317 e. The van der Waals surface area contributed by atoms with E-state index in [1.807, 2.05) is 67.6 Å². The highest BCUT2D eigenvalue weighted by Crippen LogP contribution is 2.24. The molecule has 0 bridgehead atoms. The van der Waals surface area contributed by atoms with Crippen LogP contribution in [0.5, 0.6) is 0 Å². The Bertz CT molecular complexity index is 1210. The Morgan fingerprint density at radius 2 is 1.70 bits per heavy atom. The molecule has 0 atom stereocenters. The number of aromatic nitrogens is 3. The van der Waals surface area contributed by atoms with Gasteiger partial charge in [0.1, 0.15) is 6.07 Å². The van der Waals surface area contributed by atoms with Crippen LogP contribution in [0.3, 0.4) is 0 Å². The third-order valence-electron chi connectivity index (χ3n) is 4.64. The van der Waals surface area contributed by atoms with E-state index >= 15 is 0 Å². The molecule has 27 heavy (non-hydrogen) atoms. The van der Waals surface area contributed by atoms with Crippen LogP contribution >= 0.6 is 0 Å². The maximum atomic E-state index is 9.41. The Morgan fingerprint density at radius 3 is 2.52 bits per heavy atom. The van der Waals surface area contributed by atoms with Crippen LogP contribution in [0.4, 0.5) is 0 Å². The molecule has 4 aromatic rings. The van der Waals surface area contributed by atoms with Gasteiger partial charge in [-0.3, -0.25) is 4.98 Å². The number of hydrogen-bond acceptors (Lipinski definition) is 3. The Hall–Kier alpha value is -3.71. The van der Waals surface area contributed by atoms with Crippen molar-refractivity contribution in [3.05, 3.63) is 89.0 Å². The van der Waals surface area contributed by atoms with Crippen LogP contribution < -0.4 is 0 Å². The van der Waals surface area contributed by atoms with E-state index in [9.17, 15) is 5.26 Å². The molecular formula is C23H18N4. The van der Waals surface area contributed by atoms with E-state index in [0.717, 1.165) is 39.4 Å². The van der Waals surface area contributed by atoms with Gasteiger partial charge in [0, 0.05) is 11.4 Å². The number of nitrogens with zero attached hydrogens (tertiary/aromatic N) is 4. The van der Waals surface area contributed by atoms with Crippen molar-refractivity contribution in [1.29, 1.82) is 5.26 Å². The molecule has 0 unspecified atom stereocenters. The van der Waals surface area contributed by atoms with Crippen molar-refractivity contribution in [3.8, 4) is 11.8 Å². The molecule has 0 radical (unpaired) electrons. The number of aryl methyl sites for hydroxylation is 1. The minimum atomic E-state index is 0.662. The minimum absolute atomic E-state index is 0.662. The van der Waals surface area contributed by atoms with Gasteiger partial charge in [-0.05, 0) is 55.8 Å². The SMILES string of the molecule is Cc1cc(C=Cc2cnc3ccccc3n2)c(C)n1-c1ccccc1C#N. The molecular weight excluding hydrogens is 332 g/mol. The van der Waals surface area contributed by atoms with Gasteiger partial charge in [-0.15, -0.1) is 0 Å². The summed E-state index contributed by atoms with van der Waals surface area (Å²) in [7, 11) is 0. The number of benzene rings is 2. The summed E-state index contributed by atoms with van der Waals surface area (Å²) < 4.78 is 2.12. The van der Waals surface area contributed by atoms with Gasteiger partial charge < -0.3 is 4.57 Å². The second kappa shape index (κ2) is 6.89. The maximum absolute atomic E-state index is 9.41. The van der Waals surface area contributed by atoms with Crippen molar-refractivity contribution in [2.24, 2.45) is 0 Å². The zero-order valence-corrected chi connectivity index (χ0v) is 15.2. The summed E-state index contributed by atoms with van der Waals surface area (Å²) in [5.41, 5.74) is 7.41. The molecule has 4 rings (SSSR count). The second-order valence-electron chi connectivity index (χ2n) is 6.41. The van der Waals surface area contributed by atoms with Gasteiger partial charge >= 0.3 is 0 Å². The lowest BCUT2D eigenvalue weighted by atomic mass is 10.2. The highest BCUT2D eigenvalue weighted by atomic mass is 15.0. The van der Waals surface area contributed by atoms with E-state index in [-0.39, 0.29) is 0 Å².